The van der Waals surface area contributed by atoms with Crippen molar-refractivity contribution in [1.29, 1.82) is 0 Å². The lowest BCUT2D eigenvalue weighted by molar-refractivity contribution is 0.858. The Morgan fingerprint density at radius 1 is 0.857 bits per heavy atom. The van der Waals surface area contributed by atoms with Gasteiger partial charge >= 0.3 is 0 Å². The highest BCUT2D eigenvalue weighted by atomic mass is 32.1. The molecule has 0 spiro atoms. The third-order valence-corrected chi connectivity index (χ3v) is 4.39. The molecule has 0 bridgehead atoms. The molecule has 0 unspecified atom stereocenters. The Bertz CT molecular complexity index is 784. The zero-order valence-corrected chi connectivity index (χ0v) is 11.9. The van der Waals surface area contributed by atoms with Gasteiger partial charge in [0.05, 0.1) is 5.92 Å². The second-order valence-electron chi connectivity index (χ2n) is 4.75. The van der Waals surface area contributed by atoms with Gasteiger partial charge in [0.25, 0.3) is 0 Å². The lowest BCUT2D eigenvalue weighted by Crippen LogP contribution is -2.03. The largest absolute Gasteiger partial charge is 0.234 e. The number of nitrogens with zero attached hydrogens (tertiary/aromatic N) is 4. The first-order chi connectivity index (χ1) is 10.4. The number of hydrogen-bond donors (Lipinski definition) is 0. The van der Waals surface area contributed by atoms with Crippen molar-refractivity contribution in [2.75, 3.05) is 0 Å². The molecule has 2 aromatic carbocycles. The molecular formula is C16H12N4S. The van der Waals surface area contributed by atoms with Crippen molar-refractivity contribution in [2.45, 2.75) is 5.92 Å². The van der Waals surface area contributed by atoms with Crippen LogP contribution in [0.15, 0.2) is 67.0 Å². The van der Waals surface area contributed by atoms with E-state index in [1.165, 1.54) is 11.1 Å². The van der Waals surface area contributed by atoms with E-state index < -0.39 is 0 Å². The summed E-state index contributed by atoms with van der Waals surface area (Å²) in [4.78, 5) is 0.821. The molecule has 0 aliphatic rings. The maximum absolute atomic E-state index is 4.64. The van der Waals surface area contributed by atoms with Gasteiger partial charge in [-0.05, 0) is 11.1 Å². The molecule has 4 nitrogen and oxygen atoms in total. The molecule has 0 amide bonds. The lowest BCUT2D eigenvalue weighted by Gasteiger charge is -2.14. The van der Waals surface area contributed by atoms with Crippen molar-refractivity contribution in [2.24, 2.45) is 0 Å². The number of hydrogen-bond acceptors (Lipinski definition) is 4. The van der Waals surface area contributed by atoms with Crippen LogP contribution in [-0.4, -0.2) is 19.8 Å². The van der Waals surface area contributed by atoms with Gasteiger partial charge in [0.1, 0.15) is 11.3 Å². The fourth-order valence-electron chi connectivity index (χ4n) is 2.46. The average Bonchev–Trinajstić information content (AvgIpc) is 3.11. The molecule has 0 aliphatic heterocycles. The highest BCUT2D eigenvalue weighted by Gasteiger charge is 2.21. The van der Waals surface area contributed by atoms with Crippen LogP contribution in [0.25, 0.3) is 4.96 Å². The van der Waals surface area contributed by atoms with E-state index in [-0.39, 0.29) is 5.92 Å². The summed E-state index contributed by atoms with van der Waals surface area (Å²) in [7, 11) is 0. The number of benzene rings is 2. The molecule has 0 radical (unpaired) electrons. The Balaban J connectivity index is 1.89. The van der Waals surface area contributed by atoms with Crippen molar-refractivity contribution in [1.82, 2.24) is 19.8 Å². The van der Waals surface area contributed by atoms with Gasteiger partial charge in [-0.15, -0.1) is 10.2 Å². The molecule has 102 valence electrons. The Labute approximate surface area is 125 Å². The summed E-state index contributed by atoms with van der Waals surface area (Å²) in [6, 6.07) is 20.9. The molecule has 0 atom stereocenters. The van der Waals surface area contributed by atoms with Gasteiger partial charge < -0.3 is 0 Å². The normalized spacial score (nSPS) is 11.3. The first-order valence-electron chi connectivity index (χ1n) is 6.68. The van der Waals surface area contributed by atoms with Crippen LogP contribution < -0.4 is 0 Å². The second kappa shape index (κ2) is 5.10. The van der Waals surface area contributed by atoms with E-state index in [4.69, 9.17) is 0 Å². The highest BCUT2D eigenvalue weighted by molar-refractivity contribution is 7.16. The van der Waals surface area contributed by atoms with Crippen LogP contribution in [0.5, 0.6) is 0 Å². The van der Waals surface area contributed by atoms with Gasteiger partial charge in [0.15, 0.2) is 0 Å². The molecule has 2 aromatic heterocycles. The second-order valence-corrected chi connectivity index (χ2v) is 5.74. The van der Waals surface area contributed by atoms with E-state index >= 15 is 0 Å². The Hall–Kier alpha value is -2.53. The third kappa shape index (κ3) is 2.21. The Kier molecular flexibility index (Phi) is 2.97. The smallest absolute Gasteiger partial charge is 0.190 e. The monoisotopic (exact) mass is 292 g/mol. The van der Waals surface area contributed by atoms with Gasteiger partial charge in [-0.1, -0.05) is 72.0 Å². The average molecular weight is 292 g/mol. The molecule has 2 heterocycles. The van der Waals surface area contributed by atoms with Crippen molar-refractivity contribution in [3.8, 4) is 0 Å². The molecule has 5 heteroatoms. The van der Waals surface area contributed by atoms with Crippen LogP contribution in [0, 0.1) is 0 Å². The Morgan fingerprint density at radius 2 is 1.48 bits per heavy atom. The van der Waals surface area contributed by atoms with Crippen LogP contribution >= 0.6 is 11.3 Å². The zero-order chi connectivity index (χ0) is 14.1. The van der Waals surface area contributed by atoms with E-state index in [0.29, 0.717) is 0 Å². The lowest BCUT2D eigenvalue weighted by atomic mass is 9.92. The SMILES string of the molecule is c1ccc(C(c2ccccc2)c2nn3cnnc3s2)cc1. The topological polar surface area (TPSA) is 43.1 Å². The van der Waals surface area contributed by atoms with Crippen LogP contribution in [-0.2, 0) is 0 Å². The summed E-state index contributed by atoms with van der Waals surface area (Å²) in [6.45, 7) is 0. The molecule has 0 saturated carbocycles. The van der Waals surface area contributed by atoms with Crippen LogP contribution in [0.3, 0.4) is 0 Å². The molecule has 0 aliphatic carbocycles. The van der Waals surface area contributed by atoms with E-state index in [2.05, 4.69) is 63.8 Å². The molecule has 21 heavy (non-hydrogen) atoms. The van der Waals surface area contributed by atoms with E-state index in [1.807, 2.05) is 12.1 Å². The predicted octanol–water partition coefficient (Wildman–Crippen LogP) is 3.37. The number of rotatable bonds is 3. The Morgan fingerprint density at radius 3 is 2.05 bits per heavy atom. The minimum absolute atomic E-state index is 0.124. The molecule has 0 fully saturated rings. The van der Waals surface area contributed by atoms with Gasteiger partial charge in [0.2, 0.25) is 4.96 Å². The van der Waals surface area contributed by atoms with Crippen molar-refractivity contribution in [3.05, 3.63) is 83.1 Å². The maximum Gasteiger partial charge on any atom is 0.234 e. The summed E-state index contributed by atoms with van der Waals surface area (Å²) >= 11 is 1.58. The zero-order valence-electron chi connectivity index (χ0n) is 11.1. The molecular weight excluding hydrogens is 280 g/mol. The molecule has 0 saturated heterocycles. The standard InChI is InChI=1S/C16H12N4S/c1-3-7-12(8-4-1)14(13-9-5-2-6-10-13)15-19-20-11-17-18-16(20)21-15/h1-11,14H. The molecule has 0 N–H and O–H groups in total. The summed E-state index contributed by atoms with van der Waals surface area (Å²) in [5.74, 6) is 0.124. The van der Waals surface area contributed by atoms with Crippen molar-refractivity contribution < 1.29 is 0 Å². The fourth-order valence-corrected chi connectivity index (χ4v) is 3.44. The van der Waals surface area contributed by atoms with Crippen molar-refractivity contribution in [3.63, 3.8) is 0 Å². The van der Waals surface area contributed by atoms with Gasteiger partial charge in [-0.3, -0.25) is 0 Å². The highest BCUT2D eigenvalue weighted by Crippen LogP contribution is 2.33. The first-order valence-corrected chi connectivity index (χ1v) is 7.50. The minimum Gasteiger partial charge on any atom is -0.190 e. The van der Waals surface area contributed by atoms with E-state index in [0.717, 1.165) is 9.97 Å². The van der Waals surface area contributed by atoms with E-state index in [9.17, 15) is 0 Å². The van der Waals surface area contributed by atoms with Crippen LogP contribution in [0.2, 0.25) is 0 Å². The van der Waals surface area contributed by atoms with Crippen molar-refractivity contribution >= 4 is 16.3 Å². The first kappa shape index (κ1) is 12.2. The maximum atomic E-state index is 4.64. The van der Waals surface area contributed by atoms with Gasteiger partial charge in [0, 0.05) is 0 Å². The van der Waals surface area contributed by atoms with Crippen LogP contribution in [0.1, 0.15) is 22.1 Å². The van der Waals surface area contributed by atoms with Gasteiger partial charge in [-0.25, -0.2) is 0 Å². The number of fused-ring (bicyclic) bond motifs is 1. The summed E-state index contributed by atoms with van der Waals surface area (Å²) < 4.78 is 1.74. The quantitative estimate of drug-likeness (QED) is 0.581. The molecule has 4 aromatic rings. The summed E-state index contributed by atoms with van der Waals surface area (Å²) in [6.07, 6.45) is 1.64. The predicted molar refractivity (Wildman–Crippen MR) is 82.5 cm³/mol. The summed E-state index contributed by atoms with van der Waals surface area (Å²) in [5.41, 5.74) is 2.46. The van der Waals surface area contributed by atoms with E-state index in [1.54, 1.807) is 22.2 Å². The molecule has 4 rings (SSSR count). The van der Waals surface area contributed by atoms with Gasteiger partial charge in [-0.2, -0.15) is 9.61 Å². The fraction of sp³-hybridized carbons (Fsp3) is 0.0625. The number of aromatic nitrogens is 4. The third-order valence-electron chi connectivity index (χ3n) is 3.42. The minimum atomic E-state index is 0.124. The van der Waals surface area contributed by atoms with Crippen LogP contribution in [0.4, 0.5) is 0 Å². The summed E-state index contributed by atoms with van der Waals surface area (Å²) in [5, 5.41) is 13.6.